The molecule has 1 aromatic heterocycles. The predicted molar refractivity (Wildman–Crippen MR) is 135 cm³/mol. The van der Waals surface area contributed by atoms with Gasteiger partial charge in [0.2, 0.25) is 0 Å². The molecule has 36 heavy (non-hydrogen) atoms. The Hall–Kier alpha value is -4.07. The van der Waals surface area contributed by atoms with E-state index in [0.29, 0.717) is 41.6 Å². The quantitative estimate of drug-likeness (QED) is 0.171. The molecule has 0 aliphatic carbocycles. The molecule has 0 unspecified atom stereocenters. The van der Waals surface area contributed by atoms with Crippen LogP contribution in [-0.4, -0.2) is 35.2 Å². The van der Waals surface area contributed by atoms with E-state index in [0.717, 1.165) is 19.3 Å². The van der Waals surface area contributed by atoms with Crippen LogP contribution < -0.4 is 14.4 Å². The smallest absolute Gasteiger partial charge is 0.301 e. The van der Waals surface area contributed by atoms with Gasteiger partial charge in [-0.25, -0.2) is 0 Å². The number of Topliss-reactive ketones (excluding diaryl/α,β-unsaturated/α-hetero) is 1. The predicted octanol–water partition coefficient (Wildman–Crippen LogP) is 5.58. The molecule has 1 saturated heterocycles. The van der Waals surface area contributed by atoms with E-state index < -0.39 is 17.7 Å². The number of unbranched alkanes of at least 4 members (excludes halogenated alkanes) is 1. The fourth-order valence-electron chi connectivity index (χ4n) is 4.02. The minimum atomic E-state index is -0.893. The summed E-state index contributed by atoms with van der Waals surface area (Å²) in [4.78, 5) is 27.7. The molecule has 0 saturated carbocycles. The minimum Gasteiger partial charge on any atom is -0.507 e. The number of ether oxygens (including phenoxy) is 2. The van der Waals surface area contributed by atoms with Crippen molar-refractivity contribution in [2.24, 2.45) is 0 Å². The van der Waals surface area contributed by atoms with Crippen molar-refractivity contribution in [1.29, 1.82) is 0 Å². The lowest BCUT2D eigenvalue weighted by molar-refractivity contribution is -0.132. The van der Waals surface area contributed by atoms with E-state index in [2.05, 4.69) is 12.1 Å². The number of ketones is 1. The molecule has 0 bridgehead atoms. The zero-order chi connectivity index (χ0) is 25.7. The Morgan fingerprint density at radius 2 is 1.61 bits per heavy atom. The first-order valence-corrected chi connectivity index (χ1v) is 12.1. The molecular formula is C28H30N2O6. The summed E-state index contributed by atoms with van der Waals surface area (Å²) in [5.41, 5.74) is 1.00. The molecule has 8 heteroatoms. The van der Waals surface area contributed by atoms with E-state index >= 15 is 0 Å². The van der Waals surface area contributed by atoms with Crippen molar-refractivity contribution < 1.29 is 28.7 Å². The monoisotopic (exact) mass is 490 g/mol. The fraction of sp³-hybridized carbons (Fsp3) is 0.321. The molecule has 4 rings (SSSR count). The minimum absolute atomic E-state index is 0.0254. The molecular weight excluding hydrogens is 460 g/mol. The van der Waals surface area contributed by atoms with E-state index in [-0.39, 0.29) is 17.2 Å². The van der Waals surface area contributed by atoms with E-state index in [9.17, 15) is 14.7 Å². The Morgan fingerprint density at radius 1 is 0.972 bits per heavy atom. The number of hydrogen-bond donors (Lipinski definition) is 1. The van der Waals surface area contributed by atoms with Gasteiger partial charge in [-0.15, -0.1) is 0 Å². The molecule has 0 spiro atoms. The van der Waals surface area contributed by atoms with Gasteiger partial charge in [0, 0.05) is 11.6 Å². The molecule has 1 atom stereocenters. The molecule has 188 valence electrons. The summed E-state index contributed by atoms with van der Waals surface area (Å²) in [7, 11) is 0. The van der Waals surface area contributed by atoms with Crippen molar-refractivity contribution in [3.63, 3.8) is 0 Å². The number of rotatable bonds is 10. The van der Waals surface area contributed by atoms with Crippen molar-refractivity contribution in [3.8, 4) is 11.5 Å². The first-order valence-electron chi connectivity index (χ1n) is 12.1. The van der Waals surface area contributed by atoms with Crippen LogP contribution in [0.25, 0.3) is 5.76 Å². The van der Waals surface area contributed by atoms with E-state index in [1.165, 1.54) is 4.90 Å². The number of anilines is 1. The van der Waals surface area contributed by atoms with Gasteiger partial charge in [0.05, 0.1) is 24.8 Å². The molecule has 0 radical (unpaired) electrons. The Bertz CT molecular complexity index is 1240. The third-order valence-electron chi connectivity index (χ3n) is 5.87. The van der Waals surface area contributed by atoms with Gasteiger partial charge in [0.25, 0.3) is 5.78 Å². The average Bonchev–Trinajstić information content (AvgIpc) is 3.43. The van der Waals surface area contributed by atoms with Crippen molar-refractivity contribution in [1.82, 2.24) is 5.16 Å². The largest absolute Gasteiger partial charge is 0.507 e. The fourth-order valence-corrected chi connectivity index (χ4v) is 4.02. The van der Waals surface area contributed by atoms with Crippen LogP contribution in [0.4, 0.5) is 5.82 Å². The van der Waals surface area contributed by atoms with Gasteiger partial charge in [0.1, 0.15) is 23.0 Å². The number of hydrogen-bond acceptors (Lipinski definition) is 7. The Balaban J connectivity index is 1.76. The van der Waals surface area contributed by atoms with Gasteiger partial charge in [0.15, 0.2) is 5.82 Å². The number of benzene rings is 2. The normalized spacial score (nSPS) is 17.0. The summed E-state index contributed by atoms with van der Waals surface area (Å²) in [6, 6.07) is 14.6. The number of aromatic nitrogens is 1. The van der Waals surface area contributed by atoms with Crippen LogP contribution in [0.1, 0.15) is 56.0 Å². The maximum atomic E-state index is 13.2. The Morgan fingerprint density at radius 3 is 2.19 bits per heavy atom. The summed E-state index contributed by atoms with van der Waals surface area (Å²) >= 11 is 0. The summed E-state index contributed by atoms with van der Waals surface area (Å²) in [6.07, 6.45) is 2.83. The van der Waals surface area contributed by atoms with Gasteiger partial charge in [-0.3, -0.25) is 14.5 Å². The van der Waals surface area contributed by atoms with E-state index in [4.69, 9.17) is 14.0 Å². The molecule has 2 aromatic carbocycles. The Kier molecular flexibility index (Phi) is 7.73. The van der Waals surface area contributed by atoms with Crippen LogP contribution in [0, 0.1) is 6.92 Å². The number of nitrogens with zero attached hydrogens (tertiary/aromatic N) is 2. The van der Waals surface area contributed by atoms with Crippen LogP contribution in [0.2, 0.25) is 0 Å². The number of carbonyl (C=O) groups is 2. The number of carbonyl (C=O) groups excluding carboxylic acids is 2. The zero-order valence-corrected chi connectivity index (χ0v) is 20.7. The van der Waals surface area contributed by atoms with Crippen molar-refractivity contribution in [2.75, 3.05) is 18.1 Å². The highest BCUT2D eigenvalue weighted by atomic mass is 16.5. The van der Waals surface area contributed by atoms with Crippen molar-refractivity contribution >= 4 is 23.3 Å². The highest BCUT2D eigenvalue weighted by molar-refractivity contribution is 6.51. The molecule has 3 aromatic rings. The lowest BCUT2D eigenvalue weighted by Crippen LogP contribution is -2.29. The number of amides is 1. The molecule has 8 nitrogen and oxygen atoms in total. The van der Waals surface area contributed by atoms with E-state index in [1.54, 1.807) is 61.5 Å². The van der Waals surface area contributed by atoms with Gasteiger partial charge >= 0.3 is 5.91 Å². The van der Waals surface area contributed by atoms with Gasteiger partial charge in [-0.05, 0) is 61.7 Å². The third kappa shape index (κ3) is 5.12. The second kappa shape index (κ2) is 11.1. The van der Waals surface area contributed by atoms with Crippen LogP contribution in [0.5, 0.6) is 11.5 Å². The second-order valence-electron chi connectivity index (χ2n) is 8.61. The van der Waals surface area contributed by atoms with Crippen LogP contribution in [0.3, 0.4) is 0 Å². The second-order valence-corrected chi connectivity index (χ2v) is 8.61. The average molecular weight is 491 g/mol. The zero-order valence-electron chi connectivity index (χ0n) is 20.7. The maximum absolute atomic E-state index is 13.2. The van der Waals surface area contributed by atoms with Crippen molar-refractivity contribution in [3.05, 3.63) is 77.1 Å². The lowest BCUT2D eigenvalue weighted by atomic mass is 9.95. The maximum Gasteiger partial charge on any atom is 0.301 e. The van der Waals surface area contributed by atoms with Crippen LogP contribution in [-0.2, 0) is 9.59 Å². The molecule has 1 N–H and O–H groups in total. The third-order valence-corrected chi connectivity index (χ3v) is 5.87. The van der Waals surface area contributed by atoms with Crippen molar-refractivity contribution in [2.45, 2.75) is 46.1 Å². The topological polar surface area (TPSA) is 102 Å². The summed E-state index contributed by atoms with van der Waals surface area (Å²) < 4.78 is 16.5. The van der Waals surface area contributed by atoms with Gasteiger partial charge in [-0.2, -0.15) is 0 Å². The first-order chi connectivity index (χ1) is 17.4. The standard InChI is InChI=1S/C28H30N2O6/c1-4-6-16-35-22-11-7-19(8-12-22)25-24(26(31)20-9-13-21(14-10-20)34-15-5-2)27(32)28(33)30(25)23-17-18(3)36-29-23/h7-14,17,25,31H,4-6,15-16H2,1-3H3/t25-/m0/s1. The van der Waals surface area contributed by atoms with Crippen LogP contribution >= 0.6 is 0 Å². The highest BCUT2D eigenvalue weighted by Crippen LogP contribution is 2.42. The summed E-state index contributed by atoms with van der Waals surface area (Å²) in [6.45, 7) is 6.98. The summed E-state index contributed by atoms with van der Waals surface area (Å²) in [5, 5.41) is 15.2. The van der Waals surface area contributed by atoms with Gasteiger partial charge in [-0.1, -0.05) is 37.6 Å². The SMILES string of the molecule is CCCCOc1ccc([C@H]2C(=C(O)c3ccc(OCCC)cc3)C(=O)C(=O)N2c2cc(C)on2)cc1. The van der Waals surface area contributed by atoms with Gasteiger partial charge < -0.3 is 19.1 Å². The molecule has 1 aliphatic heterocycles. The highest BCUT2D eigenvalue weighted by Gasteiger charge is 2.48. The number of aryl methyl sites for hydroxylation is 1. The molecule has 2 heterocycles. The molecule has 1 aliphatic rings. The lowest BCUT2D eigenvalue weighted by Gasteiger charge is -2.23. The van der Waals surface area contributed by atoms with E-state index in [1.807, 2.05) is 6.92 Å². The molecule has 1 amide bonds. The first kappa shape index (κ1) is 25.0. The summed E-state index contributed by atoms with van der Waals surface area (Å²) in [5.74, 6) is 0.171. The number of aliphatic hydroxyl groups is 1. The number of aliphatic hydroxyl groups excluding tert-OH is 1. The van der Waals surface area contributed by atoms with Crippen LogP contribution in [0.15, 0.2) is 64.7 Å². The molecule has 1 fully saturated rings. The Labute approximate surface area is 210 Å².